The Balaban J connectivity index is 1.55. The molecule has 0 saturated heterocycles. The van der Waals surface area contributed by atoms with Crippen LogP contribution in [-0.2, 0) is 25.7 Å². The Morgan fingerprint density at radius 1 is 1.45 bits per heavy atom. The summed E-state index contributed by atoms with van der Waals surface area (Å²) in [6.45, 7) is 4.33. The van der Waals surface area contributed by atoms with Crippen LogP contribution in [0.15, 0.2) is 17.6 Å². The second kappa shape index (κ2) is 6.04. The summed E-state index contributed by atoms with van der Waals surface area (Å²) in [7, 11) is 0. The fraction of sp³-hybridized carbons (Fsp3) is 0.533. The molecule has 2 aromatic rings. The topological polar surface area (TPSA) is 29.9 Å². The van der Waals surface area contributed by atoms with E-state index in [-0.39, 0.29) is 0 Å². The average Bonchev–Trinajstić information content (AvgIpc) is 3.04. The molecule has 0 radical (unpaired) electrons. The Morgan fingerprint density at radius 3 is 2.95 bits per heavy atom. The van der Waals surface area contributed by atoms with Gasteiger partial charge in [-0.3, -0.25) is 0 Å². The predicted octanol–water partition coefficient (Wildman–Crippen LogP) is 3.62. The van der Waals surface area contributed by atoms with E-state index >= 15 is 0 Å². The Bertz CT molecular complexity index is 645. The summed E-state index contributed by atoms with van der Waals surface area (Å²) in [6.07, 6.45) is -1.72. The van der Waals surface area contributed by atoms with Gasteiger partial charge < -0.3 is 9.88 Å². The van der Waals surface area contributed by atoms with E-state index in [0.29, 0.717) is 24.7 Å². The van der Waals surface area contributed by atoms with Gasteiger partial charge in [0, 0.05) is 37.1 Å². The molecule has 0 spiro atoms. The highest BCUT2D eigenvalue weighted by atomic mass is 32.1. The lowest BCUT2D eigenvalue weighted by atomic mass is 9.99. The molecule has 2 aromatic heterocycles. The molecule has 0 saturated carbocycles. The Kier molecular flexibility index (Phi) is 4.27. The molecule has 3 heterocycles. The van der Waals surface area contributed by atoms with Crippen LogP contribution in [0.4, 0.5) is 13.2 Å². The van der Waals surface area contributed by atoms with Crippen molar-refractivity contribution in [3.05, 3.63) is 39.6 Å². The lowest BCUT2D eigenvalue weighted by Crippen LogP contribution is -2.29. The van der Waals surface area contributed by atoms with Crippen molar-refractivity contribution in [1.29, 1.82) is 0 Å². The minimum Gasteiger partial charge on any atom is -0.334 e. The van der Waals surface area contributed by atoms with Gasteiger partial charge in [0.2, 0.25) is 0 Å². The molecule has 22 heavy (non-hydrogen) atoms. The van der Waals surface area contributed by atoms with Crippen molar-refractivity contribution in [2.75, 3.05) is 6.54 Å². The molecule has 0 amide bonds. The zero-order chi connectivity index (χ0) is 15.7. The molecule has 7 heteroatoms. The van der Waals surface area contributed by atoms with Gasteiger partial charge in [-0.2, -0.15) is 13.2 Å². The van der Waals surface area contributed by atoms with E-state index < -0.39 is 11.9 Å². The number of halogens is 3. The van der Waals surface area contributed by atoms with Crippen molar-refractivity contribution in [2.45, 2.75) is 39.0 Å². The second-order valence-electron chi connectivity index (χ2n) is 5.75. The van der Waals surface area contributed by atoms with E-state index in [2.05, 4.69) is 28.7 Å². The van der Waals surface area contributed by atoms with Crippen LogP contribution in [0.3, 0.4) is 0 Å². The minimum atomic E-state index is -4.35. The zero-order valence-corrected chi connectivity index (χ0v) is 13.1. The van der Waals surface area contributed by atoms with E-state index in [4.69, 9.17) is 0 Å². The molecule has 0 aliphatic carbocycles. The Morgan fingerprint density at radius 2 is 2.27 bits per heavy atom. The van der Waals surface area contributed by atoms with E-state index in [0.717, 1.165) is 25.7 Å². The molecule has 3 nitrogen and oxygen atoms in total. The first-order chi connectivity index (χ1) is 10.4. The van der Waals surface area contributed by atoms with Gasteiger partial charge in [0.05, 0.1) is 0 Å². The number of fused-ring (bicyclic) bond motifs is 1. The van der Waals surface area contributed by atoms with Gasteiger partial charge in [-0.25, -0.2) is 4.98 Å². The summed E-state index contributed by atoms with van der Waals surface area (Å²) in [6, 6.07) is 2.10. The summed E-state index contributed by atoms with van der Waals surface area (Å²) < 4.78 is 39.7. The first-order valence-corrected chi connectivity index (χ1v) is 8.18. The predicted molar refractivity (Wildman–Crippen MR) is 79.8 cm³/mol. The number of rotatable bonds is 4. The number of thiophene rings is 1. The standard InChI is InChI=1S/C15H18F3N3S/c1-10-4-5-22-12(10)7-19-6-11-2-3-14-20-13(15(16,17)18)9-21(14)8-11/h4-5,9,11,19H,2-3,6-8H2,1H3/t11-/m1/s1. The number of hydrogen-bond donors (Lipinski definition) is 1. The smallest absolute Gasteiger partial charge is 0.334 e. The molecule has 1 aliphatic heterocycles. The summed E-state index contributed by atoms with van der Waals surface area (Å²) in [5, 5.41) is 5.49. The van der Waals surface area contributed by atoms with Crippen LogP contribution in [-0.4, -0.2) is 16.1 Å². The second-order valence-corrected chi connectivity index (χ2v) is 6.76. The molecule has 0 unspecified atom stereocenters. The first-order valence-electron chi connectivity index (χ1n) is 7.30. The molecule has 0 aromatic carbocycles. The van der Waals surface area contributed by atoms with Crippen molar-refractivity contribution >= 4 is 11.3 Å². The third-order valence-corrected chi connectivity index (χ3v) is 5.09. The summed E-state index contributed by atoms with van der Waals surface area (Å²) in [4.78, 5) is 5.03. The molecular formula is C15H18F3N3S. The van der Waals surface area contributed by atoms with Gasteiger partial charge in [0.1, 0.15) is 5.82 Å². The molecule has 1 atom stereocenters. The maximum Gasteiger partial charge on any atom is 0.434 e. The number of alkyl halides is 3. The summed E-state index contributed by atoms with van der Waals surface area (Å²) in [5.41, 5.74) is 0.512. The maximum atomic E-state index is 12.7. The fourth-order valence-corrected chi connectivity index (χ4v) is 3.67. The molecule has 120 valence electrons. The lowest BCUT2D eigenvalue weighted by Gasteiger charge is -2.23. The quantitative estimate of drug-likeness (QED) is 0.928. The summed E-state index contributed by atoms with van der Waals surface area (Å²) in [5.74, 6) is 0.903. The summed E-state index contributed by atoms with van der Waals surface area (Å²) >= 11 is 1.73. The van der Waals surface area contributed by atoms with Crippen molar-refractivity contribution in [2.24, 2.45) is 5.92 Å². The van der Waals surface area contributed by atoms with Gasteiger partial charge in [-0.15, -0.1) is 11.3 Å². The van der Waals surface area contributed by atoms with Crippen LogP contribution in [0.5, 0.6) is 0 Å². The van der Waals surface area contributed by atoms with Crippen molar-refractivity contribution < 1.29 is 13.2 Å². The van der Waals surface area contributed by atoms with Crippen molar-refractivity contribution in [3.63, 3.8) is 0 Å². The van der Waals surface area contributed by atoms with Gasteiger partial charge in [-0.05, 0) is 36.3 Å². The third kappa shape index (κ3) is 3.35. The first kappa shape index (κ1) is 15.6. The van der Waals surface area contributed by atoms with Crippen molar-refractivity contribution in [1.82, 2.24) is 14.9 Å². The largest absolute Gasteiger partial charge is 0.434 e. The number of nitrogens with zero attached hydrogens (tertiary/aromatic N) is 2. The van der Waals surface area contributed by atoms with Gasteiger partial charge in [0.25, 0.3) is 0 Å². The number of hydrogen-bond acceptors (Lipinski definition) is 3. The number of nitrogens with one attached hydrogen (secondary N) is 1. The normalized spacial score (nSPS) is 18.5. The van der Waals surface area contributed by atoms with E-state index in [1.807, 2.05) is 0 Å². The lowest BCUT2D eigenvalue weighted by molar-refractivity contribution is -0.141. The molecule has 3 rings (SSSR count). The van der Waals surface area contributed by atoms with E-state index in [9.17, 15) is 13.2 Å². The highest BCUT2D eigenvalue weighted by Gasteiger charge is 2.35. The Labute approximate surface area is 131 Å². The zero-order valence-electron chi connectivity index (χ0n) is 12.3. The monoisotopic (exact) mass is 329 g/mol. The van der Waals surface area contributed by atoms with Crippen LogP contribution in [0, 0.1) is 12.8 Å². The number of aromatic nitrogens is 2. The molecular weight excluding hydrogens is 311 g/mol. The number of aryl methyl sites for hydroxylation is 2. The molecule has 0 bridgehead atoms. The molecule has 1 aliphatic rings. The SMILES string of the molecule is Cc1ccsc1CNC[C@H]1CCc2nc(C(F)(F)F)cn2C1. The number of imidazole rings is 1. The fourth-order valence-electron chi connectivity index (χ4n) is 2.79. The van der Waals surface area contributed by atoms with Crippen LogP contribution >= 0.6 is 11.3 Å². The van der Waals surface area contributed by atoms with Crippen LogP contribution in [0.2, 0.25) is 0 Å². The van der Waals surface area contributed by atoms with Crippen molar-refractivity contribution in [3.8, 4) is 0 Å². The van der Waals surface area contributed by atoms with Crippen LogP contribution < -0.4 is 5.32 Å². The van der Waals surface area contributed by atoms with E-state index in [1.165, 1.54) is 10.4 Å². The van der Waals surface area contributed by atoms with Crippen LogP contribution in [0.1, 0.15) is 28.4 Å². The Hall–Kier alpha value is -1.34. The minimum absolute atomic E-state index is 0.350. The third-order valence-electron chi connectivity index (χ3n) is 4.07. The van der Waals surface area contributed by atoms with Crippen LogP contribution in [0.25, 0.3) is 0 Å². The van der Waals surface area contributed by atoms with Gasteiger partial charge >= 0.3 is 6.18 Å². The highest BCUT2D eigenvalue weighted by molar-refractivity contribution is 7.10. The molecule has 0 fully saturated rings. The average molecular weight is 329 g/mol. The molecule has 1 N–H and O–H groups in total. The van der Waals surface area contributed by atoms with E-state index in [1.54, 1.807) is 15.9 Å². The van der Waals surface area contributed by atoms with Gasteiger partial charge in [-0.1, -0.05) is 0 Å². The maximum absolute atomic E-state index is 12.7. The van der Waals surface area contributed by atoms with Gasteiger partial charge in [0.15, 0.2) is 5.69 Å². The highest BCUT2D eigenvalue weighted by Crippen LogP contribution is 2.30.